The van der Waals surface area contributed by atoms with Crippen LogP contribution in [0.15, 0.2) is 35.5 Å². The lowest BCUT2D eigenvalue weighted by molar-refractivity contribution is 0.385. The Balaban J connectivity index is 1.67. The largest absolute Gasteiger partial charge is 0.315 e. The number of hydrogen-bond acceptors (Lipinski definition) is 8. The average molecular weight is 406 g/mol. The van der Waals surface area contributed by atoms with Gasteiger partial charge in [0.25, 0.3) is 0 Å². The molecule has 0 saturated carbocycles. The topological polar surface area (TPSA) is 101 Å². The maximum Gasteiger partial charge on any atom is 0.246 e. The summed E-state index contributed by atoms with van der Waals surface area (Å²) in [6, 6.07) is 5.37. The van der Waals surface area contributed by atoms with E-state index in [9.17, 15) is 12.8 Å². The van der Waals surface area contributed by atoms with E-state index in [1.807, 2.05) is 0 Å². The molecule has 1 aliphatic rings. The molecule has 0 unspecified atom stereocenters. The summed E-state index contributed by atoms with van der Waals surface area (Å²) in [5.74, 6) is 0.342. The molecule has 11 heteroatoms. The van der Waals surface area contributed by atoms with E-state index < -0.39 is 15.8 Å². The minimum atomic E-state index is -3.97. The number of nitrogens with zero attached hydrogens (tertiary/aromatic N) is 5. The van der Waals surface area contributed by atoms with Crippen molar-refractivity contribution >= 4 is 32.5 Å². The number of rotatable bonds is 4. The van der Waals surface area contributed by atoms with Gasteiger partial charge in [-0.05, 0) is 19.1 Å². The third kappa shape index (κ3) is 3.40. The van der Waals surface area contributed by atoms with E-state index in [-0.39, 0.29) is 18.0 Å². The van der Waals surface area contributed by atoms with Crippen molar-refractivity contribution in [2.75, 3.05) is 11.9 Å². The van der Waals surface area contributed by atoms with Crippen molar-refractivity contribution in [2.24, 2.45) is 0 Å². The first-order chi connectivity index (χ1) is 12.9. The molecule has 0 saturated heterocycles. The van der Waals surface area contributed by atoms with Crippen LogP contribution in [-0.4, -0.2) is 38.6 Å². The van der Waals surface area contributed by atoms with Crippen molar-refractivity contribution in [3.63, 3.8) is 0 Å². The van der Waals surface area contributed by atoms with Gasteiger partial charge < -0.3 is 5.32 Å². The number of halogens is 1. The molecule has 27 heavy (non-hydrogen) atoms. The fourth-order valence-corrected chi connectivity index (χ4v) is 4.92. The molecule has 2 aromatic heterocycles. The van der Waals surface area contributed by atoms with Crippen LogP contribution in [0.5, 0.6) is 0 Å². The molecule has 0 spiro atoms. The highest BCUT2D eigenvalue weighted by Crippen LogP contribution is 2.30. The second-order valence-corrected chi connectivity index (χ2v) is 8.60. The van der Waals surface area contributed by atoms with Crippen molar-refractivity contribution in [2.45, 2.75) is 24.8 Å². The van der Waals surface area contributed by atoms with E-state index in [0.717, 1.165) is 11.8 Å². The summed E-state index contributed by atoms with van der Waals surface area (Å²) in [4.78, 5) is 12.4. The Morgan fingerprint density at radius 2 is 2.07 bits per heavy atom. The van der Waals surface area contributed by atoms with E-state index in [2.05, 4.69) is 24.6 Å². The summed E-state index contributed by atoms with van der Waals surface area (Å²) in [6.45, 7) is 2.05. The summed E-state index contributed by atoms with van der Waals surface area (Å²) in [7, 11) is -3.97. The zero-order valence-corrected chi connectivity index (χ0v) is 15.9. The molecule has 0 aliphatic carbocycles. The Hall–Kier alpha value is -2.50. The molecule has 1 N–H and O–H groups in total. The van der Waals surface area contributed by atoms with Crippen LogP contribution >= 0.6 is 11.5 Å². The fraction of sp³-hybridized carbons (Fsp3) is 0.250. The molecule has 4 rings (SSSR count). The lowest BCUT2D eigenvalue weighted by Crippen LogP contribution is -2.37. The number of sulfonamides is 1. The normalized spacial score (nSPS) is 14.7. The van der Waals surface area contributed by atoms with Crippen LogP contribution in [0, 0.1) is 12.7 Å². The van der Waals surface area contributed by atoms with Crippen molar-refractivity contribution in [3.05, 3.63) is 53.5 Å². The minimum Gasteiger partial charge on any atom is -0.315 e. The first-order valence-corrected chi connectivity index (χ1v) is 10.3. The SMILES string of the molecule is Cc1nsc(Nc2ncnc3c2CN(S(=O)(=O)c2ccccc2F)CC3)n1. The second kappa shape index (κ2) is 6.91. The molecule has 140 valence electrons. The predicted molar refractivity (Wildman–Crippen MR) is 97.7 cm³/mol. The lowest BCUT2D eigenvalue weighted by atomic mass is 10.1. The molecule has 3 heterocycles. The quantitative estimate of drug-likeness (QED) is 0.709. The van der Waals surface area contributed by atoms with Gasteiger partial charge in [0, 0.05) is 36.6 Å². The van der Waals surface area contributed by atoms with Crippen LogP contribution in [0.25, 0.3) is 0 Å². The molecule has 0 amide bonds. The van der Waals surface area contributed by atoms with Crippen molar-refractivity contribution in [1.82, 2.24) is 23.6 Å². The molecular formula is C16H15FN6O2S2. The maximum absolute atomic E-state index is 14.0. The zero-order valence-electron chi connectivity index (χ0n) is 14.3. The molecule has 1 aromatic carbocycles. The molecule has 8 nitrogen and oxygen atoms in total. The first kappa shape index (κ1) is 17.9. The van der Waals surface area contributed by atoms with E-state index in [4.69, 9.17) is 0 Å². The molecule has 0 bridgehead atoms. The lowest BCUT2D eigenvalue weighted by Gasteiger charge is -2.28. The number of fused-ring (bicyclic) bond motifs is 1. The van der Waals surface area contributed by atoms with E-state index >= 15 is 0 Å². The van der Waals surface area contributed by atoms with Crippen LogP contribution < -0.4 is 5.32 Å². The molecule has 3 aromatic rings. The van der Waals surface area contributed by atoms with Crippen LogP contribution in [-0.2, 0) is 23.0 Å². The zero-order chi connectivity index (χ0) is 19.0. The number of hydrogen-bond donors (Lipinski definition) is 1. The summed E-state index contributed by atoms with van der Waals surface area (Å²) in [6.07, 6.45) is 1.84. The monoisotopic (exact) mass is 406 g/mol. The standard InChI is InChI=1S/C16H15FN6O2S2/c1-10-20-16(26-22-10)21-15-11-8-23(7-6-13(11)18-9-19-15)27(24,25)14-5-3-2-4-12(14)17/h2-5,9H,6-8H2,1H3,(H,18,19,20,21,22). The average Bonchev–Trinajstić information content (AvgIpc) is 3.06. The second-order valence-electron chi connectivity index (χ2n) is 5.94. The highest BCUT2D eigenvalue weighted by Gasteiger charge is 2.32. The number of benzene rings is 1. The van der Waals surface area contributed by atoms with Gasteiger partial charge in [0.15, 0.2) is 0 Å². The van der Waals surface area contributed by atoms with Gasteiger partial charge in [0.2, 0.25) is 15.2 Å². The van der Waals surface area contributed by atoms with Crippen LogP contribution in [0.1, 0.15) is 17.1 Å². The van der Waals surface area contributed by atoms with E-state index in [1.54, 1.807) is 6.92 Å². The van der Waals surface area contributed by atoms with Crippen LogP contribution in [0.2, 0.25) is 0 Å². The molecule has 0 atom stereocenters. The first-order valence-electron chi connectivity index (χ1n) is 8.10. The molecular weight excluding hydrogens is 391 g/mol. The third-order valence-corrected chi connectivity index (χ3v) is 6.77. The Bertz CT molecular complexity index is 1100. The summed E-state index contributed by atoms with van der Waals surface area (Å²) in [5, 5.41) is 3.63. The van der Waals surface area contributed by atoms with Crippen LogP contribution in [0.4, 0.5) is 15.3 Å². The van der Waals surface area contributed by atoms with Gasteiger partial charge in [0.05, 0.1) is 5.69 Å². The Kier molecular flexibility index (Phi) is 4.58. The number of aromatic nitrogens is 4. The summed E-state index contributed by atoms with van der Waals surface area (Å²) >= 11 is 1.19. The minimum absolute atomic E-state index is 0.0486. The maximum atomic E-state index is 14.0. The van der Waals surface area contributed by atoms with Gasteiger partial charge in [-0.1, -0.05) is 12.1 Å². The highest BCUT2D eigenvalue weighted by molar-refractivity contribution is 7.89. The molecule has 1 aliphatic heterocycles. The molecule has 0 radical (unpaired) electrons. The number of anilines is 2. The summed E-state index contributed by atoms with van der Waals surface area (Å²) < 4.78 is 45.2. The highest BCUT2D eigenvalue weighted by atomic mass is 32.2. The van der Waals surface area contributed by atoms with E-state index in [0.29, 0.717) is 28.8 Å². The van der Waals surface area contributed by atoms with Crippen molar-refractivity contribution < 1.29 is 12.8 Å². The third-order valence-electron chi connectivity index (χ3n) is 4.17. The van der Waals surface area contributed by atoms with Crippen LogP contribution in [0.3, 0.4) is 0 Å². The molecule has 0 fully saturated rings. The number of aryl methyl sites for hydroxylation is 1. The van der Waals surface area contributed by atoms with E-state index in [1.165, 1.54) is 40.4 Å². The fourth-order valence-electron chi connectivity index (χ4n) is 2.87. The predicted octanol–water partition coefficient (Wildman–Crippen LogP) is 2.27. The van der Waals surface area contributed by atoms with Gasteiger partial charge in [-0.25, -0.2) is 27.8 Å². The van der Waals surface area contributed by atoms with Gasteiger partial charge >= 0.3 is 0 Å². The Morgan fingerprint density at radius 1 is 1.26 bits per heavy atom. The van der Waals surface area contributed by atoms with Gasteiger partial charge in [-0.2, -0.15) is 8.68 Å². The summed E-state index contributed by atoms with van der Waals surface area (Å²) in [5.41, 5.74) is 1.41. The Labute approximate surface area is 159 Å². The Morgan fingerprint density at radius 3 is 2.81 bits per heavy atom. The van der Waals surface area contributed by atoms with Gasteiger partial charge in [0.1, 0.15) is 28.7 Å². The number of nitrogens with one attached hydrogen (secondary N) is 1. The van der Waals surface area contributed by atoms with Crippen molar-refractivity contribution in [1.29, 1.82) is 0 Å². The van der Waals surface area contributed by atoms with Gasteiger partial charge in [-0.15, -0.1) is 0 Å². The van der Waals surface area contributed by atoms with Gasteiger partial charge in [-0.3, -0.25) is 0 Å². The van der Waals surface area contributed by atoms with Crippen molar-refractivity contribution in [3.8, 4) is 0 Å². The smallest absolute Gasteiger partial charge is 0.246 e.